The molecule has 2 amide bonds. The van der Waals surface area contributed by atoms with E-state index in [9.17, 15) is 9.59 Å². The maximum atomic E-state index is 13.0. The van der Waals surface area contributed by atoms with Gasteiger partial charge in [-0.05, 0) is 69.3 Å². The van der Waals surface area contributed by atoms with Crippen molar-refractivity contribution in [2.75, 3.05) is 10.6 Å². The minimum atomic E-state index is -0.463. The van der Waals surface area contributed by atoms with Gasteiger partial charge in [0.05, 0.1) is 5.56 Å². The van der Waals surface area contributed by atoms with Crippen molar-refractivity contribution in [3.8, 4) is 5.69 Å². The highest BCUT2D eigenvalue weighted by molar-refractivity contribution is 6.30. The van der Waals surface area contributed by atoms with Crippen LogP contribution in [0.15, 0.2) is 73.1 Å². The Morgan fingerprint density at radius 2 is 1.70 bits per heavy atom. The van der Waals surface area contributed by atoms with E-state index in [0.29, 0.717) is 22.0 Å². The van der Waals surface area contributed by atoms with E-state index >= 15 is 0 Å². The third-order valence-corrected chi connectivity index (χ3v) is 5.67. The molecule has 2 heterocycles. The summed E-state index contributed by atoms with van der Waals surface area (Å²) >= 11 is 6.15. The number of hydrogen-bond acceptors (Lipinski definition) is 3. The zero-order valence-corrected chi connectivity index (χ0v) is 19.3. The zero-order chi connectivity index (χ0) is 23.5. The molecule has 0 spiro atoms. The Labute approximate surface area is 197 Å². The predicted octanol–water partition coefficient (Wildman–Crippen LogP) is 5.40. The number of aryl methyl sites for hydroxylation is 1. The molecule has 2 aromatic carbocycles. The van der Waals surface area contributed by atoms with Gasteiger partial charge >= 0.3 is 0 Å². The molecule has 168 valence electrons. The van der Waals surface area contributed by atoms with E-state index in [1.54, 1.807) is 54.3 Å². The first-order chi connectivity index (χ1) is 15.8. The Hall–Kier alpha value is -3.84. The summed E-state index contributed by atoms with van der Waals surface area (Å²) in [6, 6.07) is 17.7. The Kier molecular flexibility index (Phi) is 6.33. The number of nitrogens with one attached hydrogen (secondary N) is 2. The highest BCUT2D eigenvalue weighted by Crippen LogP contribution is 2.24. The first-order valence-electron chi connectivity index (χ1n) is 10.5. The minimum Gasteiger partial charge on any atom is -0.324 e. The number of amides is 2. The van der Waals surface area contributed by atoms with Crippen molar-refractivity contribution in [2.24, 2.45) is 0 Å². The zero-order valence-electron chi connectivity index (χ0n) is 18.5. The highest BCUT2D eigenvalue weighted by atomic mass is 35.5. The number of halogens is 1. The van der Waals surface area contributed by atoms with Crippen LogP contribution in [0.1, 0.15) is 34.7 Å². The van der Waals surface area contributed by atoms with E-state index in [-0.39, 0.29) is 11.8 Å². The molecule has 2 N–H and O–H groups in total. The lowest BCUT2D eigenvalue weighted by atomic mass is 10.2. The molecule has 2 aromatic heterocycles. The van der Waals surface area contributed by atoms with Gasteiger partial charge in [-0.15, -0.1) is 0 Å². The van der Waals surface area contributed by atoms with Crippen molar-refractivity contribution >= 4 is 34.8 Å². The summed E-state index contributed by atoms with van der Waals surface area (Å²) in [5.74, 6) is -0.433. The summed E-state index contributed by atoms with van der Waals surface area (Å²) in [6.45, 7) is 5.61. The van der Waals surface area contributed by atoms with Gasteiger partial charge in [0.1, 0.15) is 6.04 Å². The van der Waals surface area contributed by atoms with Gasteiger partial charge in [0, 0.05) is 45.9 Å². The standard InChI is InChI=1S/C25H24ClN5O2/c1-16-13-23(17(2)31(16)22-10-4-7-19(26)14-22)25(33)29-21-9-5-8-20(15-21)28-24(32)18(3)30-12-6-11-27-30/h4-15,18H,1-3H3,(H,28,32)(H,29,33). The summed E-state index contributed by atoms with van der Waals surface area (Å²) in [6.07, 6.45) is 3.37. The summed E-state index contributed by atoms with van der Waals surface area (Å²) in [5, 5.41) is 10.5. The van der Waals surface area contributed by atoms with Gasteiger partial charge in [-0.1, -0.05) is 23.7 Å². The number of hydrogen-bond donors (Lipinski definition) is 2. The van der Waals surface area contributed by atoms with Crippen molar-refractivity contribution in [1.29, 1.82) is 0 Å². The van der Waals surface area contributed by atoms with Crippen LogP contribution in [0.4, 0.5) is 11.4 Å². The molecule has 0 aliphatic rings. The van der Waals surface area contributed by atoms with Crippen molar-refractivity contribution in [1.82, 2.24) is 14.3 Å². The second-order valence-corrected chi connectivity index (χ2v) is 8.22. The molecule has 4 aromatic rings. The van der Waals surface area contributed by atoms with Gasteiger partial charge in [-0.2, -0.15) is 5.10 Å². The number of nitrogens with zero attached hydrogens (tertiary/aromatic N) is 3. The van der Waals surface area contributed by atoms with Crippen LogP contribution in [0.2, 0.25) is 5.02 Å². The van der Waals surface area contributed by atoms with Gasteiger partial charge < -0.3 is 15.2 Å². The van der Waals surface area contributed by atoms with E-state index < -0.39 is 6.04 Å². The number of carbonyl (C=O) groups is 2. The van der Waals surface area contributed by atoms with Crippen molar-refractivity contribution < 1.29 is 9.59 Å². The lowest BCUT2D eigenvalue weighted by Crippen LogP contribution is -2.24. The maximum absolute atomic E-state index is 13.0. The summed E-state index contributed by atoms with van der Waals surface area (Å²) in [4.78, 5) is 25.6. The molecule has 0 fully saturated rings. The van der Waals surface area contributed by atoms with E-state index in [1.807, 2.05) is 48.7 Å². The molecule has 0 bridgehead atoms. The van der Waals surface area contributed by atoms with Crippen LogP contribution in [0.25, 0.3) is 5.69 Å². The van der Waals surface area contributed by atoms with Gasteiger partial charge in [-0.25, -0.2) is 0 Å². The fraction of sp³-hybridized carbons (Fsp3) is 0.160. The second-order valence-electron chi connectivity index (χ2n) is 7.79. The Morgan fingerprint density at radius 1 is 0.970 bits per heavy atom. The quantitative estimate of drug-likeness (QED) is 0.403. The molecule has 0 radical (unpaired) electrons. The van der Waals surface area contributed by atoms with E-state index in [1.165, 1.54) is 0 Å². The topological polar surface area (TPSA) is 81.0 Å². The minimum absolute atomic E-state index is 0.202. The lowest BCUT2D eigenvalue weighted by molar-refractivity contribution is -0.119. The molecule has 0 aliphatic heterocycles. The molecule has 0 saturated heterocycles. The van der Waals surface area contributed by atoms with Gasteiger partial charge in [0.25, 0.3) is 5.91 Å². The van der Waals surface area contributed by atoms with Gasteiger partial charge in [-0.3, -0.25) is 14.3 Å². The Morgan fingerprint density at radius 3 is 2.39 bits per heavy atom. The molecule has 1 atom stereocenters. The van der Waals surface area contributed by atoms with Crippen LogP contribution in [0, 0.1) is 13.8 Å². The number of aromatic nitrogens is 3. The molecule has 4 rings (SSSR count). The first kappa shape index (κ1) is 22.4. The summed E-state index contributed by atoms with van der Waals surface area (Å²) in [5.41, 5.74) is 4.36. The normalized spacial score (nSPS) is 11.8. The molecule has 33 heavy (non-hydrogen) atoms. The number of rotatable bonds is 6. The average Bonchev–Trinajstić information content (AvgIpc) is 3.41. The van der Waals surface area contributed by atoms with Gasteiger partial charge in [0.15, 0.2) is 0 Å². The third kappa shape index (κ3) is 4.83. The maximum Gasteiger partial charge on any atom is 0.257 e. The monoisotopic (exact) mass is 461 g/mol. The smallest absolute Gasteiger partial charge is 0.257 e. The molecule has 7 nitrogen and oxygen atoms in total. The van der Waals surface area contributed by atoms with Crippen LogP contribution in [-0.4, -0.2) is 26.2 Å². The highest BCUT2D eigenvalue weighted by Gasteiger charge is 2.18. The van der Waals surface area contributed by atoms with E-state index in [2.05, 4.69) is 15.7 Å². The largest absolute Gasteiger partial charge is 0.324 e. The molecule has 0 saturated carbocycles. The molecule has 8 heteroatoms. The number of carbonyl (C=O) groups excluding carboxylic acids is 2. The molecular formula is C25H24ClN5O2. The second kappa shape index (κ2) is 9.34. The first-order valence-corrected chi connectivity index (χ1v) is 10.9. The molecule has 0 aliphatic carbocycles. The Bertz CT molecular complexity index is 1310. The third-order valence-electron chi connectivity index (χ3n) is 5.43. The van der Waals surface area contributed by atoms with Crippen LogP contribution in [0.5, 0.6) is 0 Å². The Balaban J connectivity index is 1.50. The molecule has 1 unspecified atom stereocenters. The lowest BCUT2D eigenvalue weighted by Gasteiger charge is -2.14. The fourth-order valence-electron chi connectivity index (χ4n) is 3.75. The summed E-state index contributed by atoms with van der Waals surface area (Å²) < 4.78 is 3.57. The number of anilines is 2. The molecular weight excluding hydrogens is 438 g/mol. The SMILES string of the molecule is Cc1cc(C(=O)Nc2cccc(NC(=O)C(C)n3cccn3)c2)c(C)n1-c1cccc(Cl)c1. The van der Waals surface area contributed by atoms with Crippen LogP contribution in [-0.2, 0) is 4.79 Å². The van der Waals surface area contributed by atoms with Crippen LogP contribution in [0.3, 0.4) is 0 Å². The average molecular weight is 462 g/mol. The van der Waals surface area contributed by atoms with Crippen LogP contribution >= 0.6 is 11.6 Å². The van der Waals surface area contributed by atoms with E-state index in [0.717, 1.165) is 17.1 Å². The van der Waals surface area contributed by atoms with E-state index in [4.69, 9.17) is 11.6 Å². The van der Waals surface area contributed by atoms with Crippen molar-refractivity contribution in [3.63, 3.8) is 0 Å². The van der Waals surface area contributed by atoms with Gasteiger partial charge in [0.2, 0.25) is 5.91 Å². The summed E-state index contributed by atoms with van der Waals surface area (Å²) in [7, 11) is 0. The number of benzene rings is 2. The fourth-order valence-corrected chi connectivity index (χ4v) is 3.94. The van der Waals surface area contributed by atoms with Crippen molar-refractivity contribution in [2.45, 2.75) is 26.8 Å². The predicted molar refractivity (Wildman–Crippen MR) is 130 cm³/mol. The van der Waals surface area contributed by atoms with Crippen molar-refractivity contribution in [3.05, 3.63) is 95.0 Å². The van der Waals surface area contributed by atoms with Crippen LogP contribution < -0.4 is 10.6 Å².